The van der Waals surface area contributed by atoms with Crippen molar-refractivity contribution < 1.29 is 23.9 Å². The normalized spacial score (nSPS) is 20.5. The summed E-state index contributed by atoms with van der Waals surface area (Å²) < 4.78 is 7.33. The molecule has 0 saturated heterocycles. The van der Waals surface area contributed by atoms with E-state index < -0.39 is 29.4 Å². The van der Waals surface area contributed by atoms with Crippen LogP contribution in [0.4, 0.5) is 5.69 Å². The fraction of sp³-hybridized carbons (Fsp3) is 0.481. The Kier molecular flexibility index (Phi) is 8.95. The highest BCUT2D eigenvalue weighted by atomic mass is 16.5. The zero-order chi connectivity index (χ0) is 27.9. The van der Waals surface area contributed by atoms with E-state index in [1.807, 2.05) is 0 Å². The molecular formula is C27H34N6O6. The number of esters is 1. The van der Waals surface area contributed by atoms with Crippen molar-refractivity contribution in [3.63, 3.8) is 0 Å². The molecule has 4 rings (SSSR count). The van der Waals surface area contributed by atoms with Gasteiger partial charge in [-0.15, -0.1) is 0 Å². The summed E-state index contributed by atoms with van der Waals surface area (Å²) in [5, 5.41) is 8.32. The molecule has 4 unspecified atom stereocenters. The van der Waals surface area contributed by atoms with E-state index in [0.717, 1.165) is 19.3 Å². The molecule has 0 aliphatic heterocycles. The first-order chi connectivity index (χ1) is 18.7. The van der Waals surface area contributed by atoms with Crippen LogP contribution >= 0.6 is 0 Å². The predicted molar refractivity (Wildman–Crippen MR) is 142 cm³/mol. The van der Waals surface area contributed by atoms with Crippen molar-refractivity contribution >= 4 is 29.4 Å². The number of fused-ring (bicyclic) bond motifs is 2. The topological polar surface area (TPSA) is 153 Å². The average Bonchev–Trinajstić information content (AvgIpc) is 3.65. The van der Waals surface area contributed by atoms with E-state index in [4.69, 9.17) is 0 Å². The first-order valence-corrected chi connectivity index (χ1v) is 13.1. The molecule has 3 amide bonds. The molecule has 2 fully saturated rings. The fourth-order valence-electron chi connectivity index (χ4n) is 5.39. The highest BCUT2D eigenvalue weighted by Gasteiger charge is 2.40. The zero-order valence-corrected chi connectivity index (χ0v) is 22.1. The highest BCUT2D eigenvalue weighted by Crippen LogP contribution is 2.44. The van der Waals surface area contributed by atoms with Crippen molar-refractivity contribution in [2.45, 2.75) is 57.2 Å². The molecule has 2 heterocycles. The standard InChI is InChI=1S/C27H34N6O6/c1-32-16-28-14-22(32)26(37)30-19(6-3-4-8-24(35)39-2)25(36)31-20-7-5-11-33(27(20)38)15-23(34)29-21-13-17-9-10-18(21)12-17/h4-5,7-8,11,14,16-19,21H,3,6,9-10,12-13,15H2,1-2H3,(H,29,34)(H,30,37)(H,31,36)/b8-4+. The first kappa shape index (κ1) is 27.8. The number of anilines is 1. The van der Waals surface area contributed by atoms with Crippen LogP contribution < -0.4 is 21.5 Å². The van der Waals surface area contributed by atoms with Crippen molar-refractivity contribution in [3.05, 3.63) is 59.1 Å². The lowest BCUT2D eigenvalue weighted by Gasteiger charge is -2.23. The number of carbonyl (C=O) groups is 4. The number of carbonyl (C=O) groups excluding carboxylic acids is 4. The summed E-state index contributed by atoms with van der Waals surface area (Å²) in [5.41, 5.74) is -0.294. The van der Waals surface area contributed by atoms with Gasteiger partial charge >= 0.3 is 5.97 Å². The zero-order valence-electron chi connectivity index (χ0n) is 22.1. The van der Waals surface area contributed by atoms with Crippen LogP contribution in [0.15, 0.2) is 47.8 Å². The van der Waals surface area contributed by atoms with Gasteiger partial charge in [0.15, 0.2) is 0 Å². The second kappa shape index (κ2) is 12.5. The van der Waals surface area contributed by atoms with Crippen LogP contribution in [0.3, 0.4) is 0 Å². The van der Waals surface area contributed by atoms with E-state index in [1.54, 1.807) is 13.1 Å². The predicted octanol–water partition coefficient (Wildman–Crippen LogP) is 1.13. The number of methoxy groups -OCH3 is 1. The van der Waals surface area contributed by atoms with Crippen molar-refractivity contribution in [3.8, 4) is 0 Å². The third kappa shape index (κ3) is 7.01. The van der Waals surface area contributed by atoms with E-state index in [0.29, 0.717) is 11.8 Å². The summed E-state index contributed by atoms with van der Waals surface area (Å²) in [5.74, 6) is -0.708. The van der Waals surface area contributed by atoms with Gasteiger partial charge in [-0.25, -0.2) is 9.78 Å². The van der Waals surface area contributed by atoms with Gasteiger partial charge < -0.3 is 29.8 Å². The maximum Gasteiger partial charge on any atom is 0.330 e. The summed E-state index contributed by atoms with van der Waals surface area (Å²) in [6.07, 6.45) is 12.0. The summed E-state index contributed by atoms with van der Waals surface area (Å²) in [6, 6.07) is 2.15. The maximum atomic E-state index is 13.2. The Morgan fingerprint density at radius 3 is 2.72 bits per heavy atom. The number of rotatable bonds is 11. The van der Waals surface area contributed by atoms with Gasteiger partial charge in [0.05, 0.1) is 19.6 Å². The molecular weight excluding hydrogens is 504 g/mol. The minimum absolute atomic E-state index is 0.0138. The first-order valence-electron chi connectivity index (χ1n) is 13.1. The summed E-state index contributed by atoms with van der Waals surface area (Å²) in [4.78, 5) is 66.9. The molecule has 208 valence electrons. The number of aromatic nitrogens is 3. The van der Waals surface area contributed by atoms with E-state index in [-0.39, 0.29) is 42.7 Å². The second-order valence-electron chi connectivity index (χ2n) is 10.1. The van der Waals surface area contributed by atoms with Crippen LogP contribution in [0, 0.1) is 11.8 Å². The number of nitrogens with zero attached hydrogens (tertiary/aromatic N) is 3. The lowest BCUT2D eigenvalue weighted by molar-refractivity contribution is -0.134. The number of nitrogens with one attached hydrogen (secondary N) is 3. The van der Waals surface area contributed by atoms with Crippen molar-refractivity contribution in [1.82, 2.24) is 24.8 Å². The number of imidazole rings is 1. The van der Waals surface area contributed by atoms with Crippen molar-refractivity contribution in [2.24, 2.45) is 18.9 Å². The fourth-order valence-corrected chi connectivity index (χ4v) is 5.39. The smallest absolute Gasteiger partial charge is 0.330 e. The minimum atomic E-state index is -1.02. The lowest BCUT2D eigenvalue weighted by atomic mass is 9.95. The van der Waals surface area contributed by atoms with Crippen LogP contribution in [0.25, 0.3) is 0 Å². The van der Waals surface area contributed by atoms with E-state index >= 15 is 0 Å². The number of pyridine rings is 1. The van der Waals surface area contributed by atoms with Crippen LogP contribution in [0.1, 0.15) is 49.0 Å². The van der Waals surface area contributed by atoms with Gasteiger partial charge in [0.2, 0.25) is 11.8 Å². The Labute approximate surface area is 225 Å². The monoisotopic (exact) mass is 538 g/mol. The van der Waals surface area contributed by atoms with Gasteiger partial charge in [-0.3, -0.25) is 19.2 Å². The number of hydrogen-bond donors (Lipinski definition) is 3. The molecule has 2 aromatic heterocycles. The van der Waals surface area contributed by atoms with Gasteiger partial charge in [0.25, 0.3) is 11.5 Å². The largest absolute Gasteiger partial charge is 0.466 e. The summed E-state index contributed by atoms with van der Waals surface area (Å²) in [7, 11) is 2.90. The Hall–Kier alpha value is -4.22. The van der Waals surface area contributed by atoms with Crippen LogP contribution in [0.5, 0.6) is 0 Å². The van der Waals surface area contributed by atoms with Crippen LogP contribution in [-0.4, -0.2) is 57.0 Å². The SMILES string of the molecule is COC(=O)/C=C/CCC(NC(=O)c1cncn1C)C(=O)Nc1cccn(CC(=O)NC2CC3CCC2C3)c1=O. The Balaban J connectivity index is 1.41. The number of hydrogen-bond acceptors (Lipinski definition) is 7. The highest BCUT2D eigenvalue weighted by molar-refractivity contribution is 6.00. The number of allylic oxidation sites excluding steroid dienone is 1. The Morgan fingerprint density at radius 1 is 1.23 bits per heavy atom. The summed E-state index contributed by atoms with van der Waals surface area (Å²) >= 11 is 0. The van der Waals surface area contributed by atoms with Crippen LogP contribution in [0.2, 0.25) is 0 Å². The molecule has 2 aromatic rings. The molecule has 3 N–H and O–H groups in total. The van der Waals surface area contributed by atoms with Gasteiger partial charge in [-0.2, -0.15) is 0 Å². The molecule has 12 nitrogen and oxygen atoms in total. The molecule has 2 bridgehead atoms. The van der Waals surface area contributed by atoms with Crippen LogP contribution in [-0.2, 0) is 32.7 Å². The van der Waals surface area contributed by atoms with Gasteiger partial charge in [-0.05, 0) is 56.1 Å². The van der Waals surface area contributed by atoms with E-state index in [2.05, 4.69) is 25.7 Å². The number of ether oxygens (including phenoxy) is 1. The maximum absolute atomic E-state index is 13.2. The van der Waals surface area contributed by atoms with E-state index in [9.17, 15) is 24.0 Å². The second-order valence-corrected chi connectivity index (χ2v) is 10.1. The van der Waals surface area contributed by atoms with Crippen molar-refractivity contribution in [1.29, 1.82) is 0 Å². The lowest BCUT2D eigenvalue weighted by Crippen LogP contribution is -2.45. The van der Waals surface area contributed by atoms with Crippen molar-refractivity contribution in [2.75, 3.05) is 12.4 Å². The molecule has 39 heavy (non-hydrogen) atoms. The molecule has 0 spiro atoms. The van der Waals surface area contributed by atoms with Gasteiger partial charge in [0.1, 0.15) is 24.0 Å². The Bertz CT molecular complexity index is 1310. The molecule has 2 saturated carbocycles. The number of amides is 3. The number of aryl methyl sites for hydroxylation is 1. The van der Waals surface area contributed by atoms with E-state index in [1.165, 1.54) is 59.6 Å². The molecule has 4 atom stereocenters. The molecule has 2 aliphatic carbocycles. The molecule has 12 heteroatoms. The minimum Gasteiger partial charge on any atom is -0.466 e. The van der Waals surface area contributed by atoms with Gasteiger partial charge in [0, 0.05) is 25.4 Å². The molecule has 2 aliphatic rings. The quantitative estimate of drug-likeness (QED) is 0.286. The Morgan fingerprint density at radius 2 is 2.05 bits per heavy atom. The average molecular weight is 539 g/mol. The van der Waals surface area contributed by atoms with Gasteiger partial charge in [-0.1, -0.05) is 12.5 Å². The summed E-state index contributed by atoms with van der Waals surface area (Å²) in [6.45, 7) is -0.157. The molecule has 0 radical (unpaired) electrons. The molecule has 0 aromatic carbocycles. The third-order valence-corrected chi connectivity index (χ3v) is 7.42. The third-order valence-electron chi connectivity index (χ3n) is 7.42.